The second kappa shape index (κ2) is 16.4. The summed E-state index contributed by atoms with van der Waals surface area (Å²) in [4.78, 5) is 22.7. The Labute approximate surface area is 243 Å². The lowest BCUT2D eigenvalue weighted by Crippen LogP contribution is -2.36. The van der Waals surface area contributed by atoms with Gasteiger partial charge in [-0.3, -0.25) is 9.59 Å². The van der Waals surface area contributed by atoms with E-state index in [1.54, 1.807) is 7.11 Å². The van der Waals surface area contributed by atoms with Gasteiger partial charge in [0.05, 0.1) is 19.3 Å². The van der Waals surface area contributed by atoms with Gasteiger partial charge in [0, 0.05) is 50.6 Å². The van der Waals surface area contributed by atoms with Crippen LogP contribution in [-0.2, 0) is 32.7 Å². The van der Waals surface area contributed by atoms with Crippen molar-refractivity contribution in [3.8, 4) is 5.75 Å². The molecular weight excluding hydrogens is 525 g/mol. The maximum atomic E-state index is 14.4. The van der Waals surface area contributed by atoms with Gasteiger partial charge in [-0.2, -0.15) is 0 Å². The van der Waals surface area contributed by atoms with Crippen molar-refractivity contribution in [1.29, 1.82) is 0 Å². The number of methoxy groups -OCH3 is 1. The number of aliphatic hydroxyl groups excluding tert-OH is 1. The molecule has 1 saturated carbocycles. The number of ether oxygens (including phenoxy) is 2. The smallest absolute Gasteiger partial charge is 0.220 e. The van der Waals surface area contributed by atoms with Crippen LogP contribution in [0, 0.1) is 11.7 Å². The van der Waals surface area contributed by atoms with Crippen molar-refractivity contribution in [3.63, 3.8) is 0 Å². The van der Waals surface area contributed by atoms with Crippen LogP contribution >= 0.6 is 0 Å². The molecule has 1 aliphatic rings. The van der Waals surface area contributed by atoms with Crippen LogP contribution in [0.4, 0.5) is 4.39 Å². The molecule has 0 bridgehead atoms. The van der Waals surface area contributed by atoms with Crippen LogP contribution in [0.25, 0.3) is 0 Å². The van der Waals surface area contributed by atoms with Gasteiger partial charge in [-0.15, -0.1) is 0 Å². The van der Waals surface area contributed by atoms with Crippen molar-refractivity contribution < 1.29 is 28.6 Å². The lowest BCUT2D eigenvalue weighted by atomic mass is 10.00. The van der Waals surface area contributed by atoms with E-state index in [4.69, 9.17) is 15.2 Å². The Morgan fingerprint density at radius 3 is 2.61 bits per heavy atom. The normalized spacial score (nSPS) is 15.2. The summed E-state index contributed by atoms with van der Waals surface area (Å²) in [7, 11) is 1.60. The average Bonchev–Trinajstić information content (AvgIpc) is 3.74. The Balaban J connectivity index is 1.42. The van der Waals surface area contributed by atoms with E-state index in [0.29, 0.717) is 57.7 Å². The van der Waals surface area contributed by atoms with E-state index < -0.39 is 12.0 Å². The van der Waals surface area contributed by atoms with Gasteiger partial charge in [-0.05, 0) is 73.8 Å². The number of halogens is 1. The number of carbonyl (C=O) groups is 2. The Hall–Kier alpha value is -3.01. The Morgan fingerprint density at radius 2 is 1.90 bits per heavy atom. The number of aryl methyl sites for hydroxylation is 2. The zero-order chi connectivity index (χ0) is 29.7. The molecule has 9 heteroatoms. The number of nitrogens with one attached hydrogen (secondary N) is 2. The van der Waals surface area contributed by atoms with E-state index in [9.17, 15) is 19.1 Å². The summed E-state index contributed by atoms with van der Waals surface area (Å²) < 4.78 is 25.6. The van der Waals surface area contributed by atoms with Gasteiger partial charge in [0.25, 0.3) is 0 Å². The number of primary amides is 1. The zero-order valence-electron chi connectivity index (χ0n) is 24.4. The molecule has 0 radical (unpaired) electrons. The van der Waals surface area contributed by atoms with E-state index in [-0.39, 0.29) is 36.0 Å². The molecule has 2 aromatic rings. The first-order chi connectivity index (χ1) is 19.7. The second-order valence-corrected chi connectivity index (χ2v) is 11.1. The molecule has 1 unspecified atom stereocenters. The largest absolute Gasteiger partial charge is 0.493 e. The van der Waals surface area contributed by atoms with Gasteiger partial charge in [0.2, 0.25) is 11.8 Å². The molecule has 41 heavy (non-hydrogen) atoms. The van der Waals surface area contributed by atoms with Gasteiger partial charge in [0.15, 0.2) is 0 Å². The van der Waals surface area contributed by atoms with Gasteiger partial charge in [-0.1, -0.05) is 31.2 Å². The first-order valence-electron chi connectivity index (χ1n) is 14.7. The summed E-state index contributed by atoms with van der Waals surface area (Å²) >= 11 is 0. The van der Waals surface area contributed by atoms with Crippen LogP contribution in [0.1, 0.15) is 68.6 Å². The molecule has 0 spiro atoms. The molecule has 5 N–H and O–H groups in total. The maximum absolute atomic E-state index is 14.4. The van der Waals surface area contributed by atoms with Crippen molar-refractivity contribution >= 4 is 11.8 Å². The summed E-state index contributed by atoms with van der Waals surface area (Å²) in [5.74, 6) is -0.507. The molecule has 2 amide bonds. The lowest BCUT2D eigenvalue weighted by Gasteiger charge is -2.21. The second-order valence-electron chi connectivity index (χ2n) is 11.1. The number of hydrogen-bond donors (Lipinski definition) is 4. The standard InChI is InChI=1S/C32H46FN3O5/c1-3-23-6-4-7-26(16-23)32(13-14-32)36-20-28(37)11-10-24-17-27(33)19-29(18-24)41-22-25(21-40-2)12-15-35-31(39)9-5-8-30(34)38/h4,6-7,16-19,25,28,36-37H,3,5,8-15,20-22H2,1-2H3,(H2,34,38)(H,35,39)/t25?,28-/m0/s1. The number of benzene rings is 2. The highest BCUT2D eigenvalue weighted by molar-refractivity contribution is 5.77. The molecule has 0 aromatic heterocycles. The summed E-state index contributed by atoms with van der Waals surface area (Å²) in [5.41, 5.74) is 8.42. The van der Waals surface area contributed by atoms with Crippen LogP contribution in [0.5, 0.6) is 5.75 Å². The van der Waals surface area contributed by atoms with Crippen LogP contribution < -0.4 is 21.1 Å². The molecule has 226 valence electrons. The van der Waals surface area contributed by atoms with E-state index >= 15 is 0 Å². The van der Waals surface area contributed by atoms with Crippen molar-refractivity contribution in [2.45, 2.75) is 76.4 Å². The first-order valence-corrected chi connectivity index (χ1v) is 14.7. The highest BCUT2D eigenvalue weighted by atomic mass is 19.1. The van der Waals surface area contributed by atoms with Crippen molar-refractivity contribution in [1.82, 2.24) is 10.6 Å². The van der Waals surface area contributed by atoms with E-state index in [1.165, 1.54) is 23.3 Å². The van der Waals surface area contributed by atoms with E-state index in [2.05, 4.69) is 41.8 Å². The Bertz CT molecular complexity index is 1120. The SMILES string of the molecule is CCc1cccc(C2(NC[C@@H](O)CCc3cc(F)cc(OCC(CCNC(=O)CCCC(N)=O)COC)c3)CC2)c1. The third-order valence-corrected chi connectivity index (χ3v) is 7.60. The lowest BCUT2D eigenvalue weighted by molar-refractivity contribution is -0.121. The van der Waals surface area contributed by atoms with E-state index in [0.717, 1.165) is 24.8 Å². The van der Waals surface area contributed by atoms with Crippen LogP contribution in [0.3, 0.4) is 0 Å². The maximum Gasteiger partial charge on any atom is 0.220 e. The number of carbonyl (C=O) groups excluding carboxylic acids is 2. The minimum atomic E-state index is -0.549. The summed E-state index contributed by atoms with van der Waals surface area (Å²) in [6.07, 6.45) is 5.09. The van der Waals surface area contributed by atoms with Gasteiger partial charge < -0.3 is 30.9 Å². The summed E-state index contributed by atoms with van der Waals surface area (Å²) in [5, 5.41) is 17.1. The van der Waals surface area contributed by atoms with Crippen LogP contribution in [0.2, 0.25) is 0 Å². The Kier molecular flexibility index (Phi) is 13.0. The van der Waals surface area contributed by atoms with Crippen LogP contribution in [-0.4, -0.2) is 56.4 Å². The van der Waals surface area contributed by atoms with E-state index in [1.807, 2.05) is 6.07 Å². The molecule has 1 aliphatic carbocycles. The summed E-state index contributed by atoms with van der Waals surface area (Å²) in [6.45, 7) is 3.82. The summed E-state index contributed by atoms with van der Waals surface area (Å²) in [6, 6.07) is 13.3. The number of amides is 2. The highest BCUT2D eigenvalue weighted by Gasteiger charge is 2.44. The molecule has 2 atom stereocenters. The van der Waals surface area contributed by atoms with Crippen molar-refractivity contribution in [2.24, 2.45) is 11.7 Å². The molecule has 3 rings (SSSR count). The number of hydrogen-bond acceptors (Lipinski definition) is 6. The minimum absolute atomic E-state index is 0.00158. The first kappa shape index (κ1) is 32.5. The molecular formula is C32H46FN3O5. The minimum Gasteiger partial charge on any atom is -0.493 e. The number of aliphatic hydroxyl groups is 1. The molecule has 8 nitrogen and oxygen atoms in total. The number of nitrogens with two attached hydrogens (primary N) is 1. The molecule has 1 fully saturated rings. The monoisotopic (exact) mass is 571 g/mol. The van der Waals surface area contributed by atoms with Crippen molar-refractivity contribution in [2.75, 3.05) is 33.4 Å². The molecule has 0 saturated heterocycles. The van der Waals surface area contributed by atoms with Gasteiger partial charge >= 0.3 is 0 Å². The van der Waals surface area contributed by atoms with Gasteiger partial charge in [-0.25, -0.2) is 4.39 Å². The highest BCUT2D eigenvalue weighted by Crippen LogP contribution is 2.45. The van der Waals surface area contributed by atoms with Crippen LogP contribution in [0.15, 0.2) is 42.5 Å². The topological polar surface area (TPSA) is 123 Å². The average molecular weight is 572 g/mol. The predicted octanol–water partition coefficient (Wildman–Crippen LogP) is 3.76. The predicted molar refractivity (Wildman–Crippen MR) is 157 cm³/mol. The van der Waals surface area contributed by atoms with Gasteiger partial charge in [0.1, 0.15) is 11.6 Å². The fourth-order valence-electron chi connectivity index (χ4n) is 4.97. The Morgan fingerprint density at radius 1 is 1.10 bits per heavy atom. The third-order valence-electron chi connectivity index (χ3n) is 7.60. The number of rotatable bonds is 20. The van der Waals surface area contributed by atoms with Crippen molar-refractivity contribution in [3.05, 3.63) is 65.0 Å². The molecule has 0 aliphatic heterocycles. The molecule has 2 aromatic carbocycles. The fourth-order valence-corrected chi connectivity index (χ4v) is 4.97. The third kappa shape index (κ3) is 11.4. The fraction of sp³-hybridized carbons (Fsp3) is 0.562. The zero-order valence-corrected chi connectivity index (χ0v) is 24.4. The molecule has 0 heterocycles. The quantitative estimate of drug-likeness (QED) is 0.192.